The maximum Gasteiger partial charge on any atom is 0.318 e. The van der Waals surface area contributed by atoms with Crippen molar-refractivity contribution in [2.24, 2.45) is 5.92 Å². The lowest BCUT2D eigenvalue weighted by molar-refractivity contribution is 0.412. The van der Waals surface area contributed by atoms with Gasteiger partial charge in [0.15, 0.2) is 0 Å². The van der Waals surface area contributed by atoms with E-state index in [4.69, 9.17) is 4.42 Å². The van der Waals surface area contributed by atoms with Gasteiger partial charge in [-0.15, -0.1) is 5.10 Å². The highest BCUT2D eigenvalue weighted by atomic mass is 16.4. The molecule has 1 fully saturated rings. The number of aromatic nitrogens is 2. The maximum atomic E-state index is 5.88. The van der Waals surface area contributed by atoms with Crippen LogP contribution in [0.5, 0.6) is 0 Å². The normalized spacial score (nSPS) is 17.9. The van der Waals surface area contributed by atoms with Gasteiger partial charge in [-0.25, -0.2) is 0 Å². The third-order valence-corrected chi connectivity index (χ3v) is 4.19. The van der Waals surface area contributed by atoms with Gasteiger partial charge in [-0.3, -0.25) is 0 Å². The minimum atomic E-state index is 0.103. The quantitative estimate of drug-likeness (QED) is 0.831. The summed E-state index contributed by atoms with van der Waals surface area (Å²) in [6.45, 7) is 7.56. The van der Waals surface area contributed by atoms with Gasteiger partial charge in [0.25, 0.3) is 0 Å². The Morgan fingerprint density at radius 2 is 1.95 bits per heavy atom. The molecule has 0 aromatic carbocycles. The molecule has 0 bridgehead atoms. The largest absolute Gasteiger partial charge is 0.406 e. The summed E-state index contributed by atoms with van der Waals surface area (Å²) in [6, 6.07) is 1.38. The fraction of sp³-hybridized carbons (Fsp3) is 0.867. The number of hydrogen-bond acceptors (Lipinski definition) is 5. The molecule has 2 rings (SSSR count). The zero-order chi connectivity index (χ0) is 14.5. The van der Waals surface area contributed by atoms with Gasteiger partial charge >= 0.3 is 6.01 Å². The van der Waals surface area contributed by atoms with E-state index < -0.39 is 0 Å². The Balaban J connectivity index is 2.10. The molecule has 1 aromatic heterocycles. The van der Waals surface area contributed by atoms with Crippen LogP contribution in [0.3, 0.4) is 0 Å². The summed E-state index contributed by atoms with van der Waals surface area (Å²) in [5.41, 5.74) is 0. The van der Waals surface area contributed by atoms with Gasteiger partial charge in [-0.1, -0.05) is 31.8 Å². The molecule has 1 atom stereocenters. The molecule has 1 aromatic rings. The van der Waals surface area contributed by atoms with Crippen molar-refractivity contribution >= 4 is 6.01 Å². The van der Waals surface area contributed by atoms with E-state index in [2.05, 4.69) is 34.3 Å². The van der Waals surface area contributed by atoms with Gasteiger partial charge in [0.2, 0.25) is 5.89 Å². The van der Waals surface area contributed by atoms with E-state index in [0.29, 0.717) is 23.9 Å². The van der Waals surface area contributed by atoms with Gasteiger partial charge in [-0.05, 0) is 39.2 Å². The van der Waals surface area contributed by atoms with Gasteiger partial charge < -0.3 is 14.6 Å². The minimum absolute atomic E-state index is 0.103. The number of hydrogen-bond donors (Lipinski definition) is 1. The molecular weight excluding hydrogens is 252 g/mol. The maximum absolute atomic E-state index is 5.88. The molecule has 0 saturated heterocycles. The van der Waals surface area contributed by atoms with Crippen LogP contribution in [0.2, 0.25) is 0 Å². The Morgan fingerprint density at radius 3 is 2.55 bits per heavy atom. The number of nitrogens with one attached hydrogen (secondary N) is 1. The lowest BCUT2D eigenvalue weighted by Crippen LogP contribution is -2.35. The Bertz CT molecular complexity index is 398. The van der Waals surface area contributed by atoms with Crippen molar-refractivity contribution in [3.05, 3.63) is 5.89 Å². The molecule has 114 valence electrons. The summed E-state index contributed by atoms with van der Waals surface area (Å²) in [5, 5.41) is 11.6. The Hall–Kier alpha value is -1.10. The predicted octanol–water partition coefficient (Wildman–Crippen LogP) is 3.15. The fourth-order valence-corrected chi connectivity index (χ4v) is 2.69. The third-order valence-electron chi connectivity index (χ3n) is 4.19. The second kappa shape index (κ2) is 7.07. The van der Waals surface area contributed by atoms with Crippen LogP contribution in [-0.2, 0) is 0 Å². The molecule has 1 heterocycles. The second-order valence-corrected chi connectivity index (χ2v) is 6.25. The van der Waals surface area contributed by atoms with E-state index in [1.807, 2.05) is 14.0 Å². The van der Waals surface area contributed by atoms with Crippen LogP contribution in [0.1, 0.15) is 64.8 Å². The van der Waals surface area contributed by atoms with Gasteiger partial charge in [-0.2, -0.15) is 0 Å². The fourth-order valence-electron chi connectivity index (χ4n) is 2.69. The summed E-state index contributed by atoms with van der Waals surface area (Å²) < 4.78 is 5.88. The monoisotopic (exact) mass is 280 g/mol. The third kappa shape index (κ3) is 3.72. The number of nitrogens with zero attached hydrogens (tertiary/aromatic N) is 3. The molecule has 1 aliphatic rings. The molecular formula is C15H28N4O. The highest BCUT2D eigenvalue weighted by Gasteiger charge is 2.27. The Labute approximate surface area is 122 Å². The molecule has 1 aliphatic carbocycles. The molecule has 5 nitrogen and oxygen atoms in total. The lowest BCUT2D eigenvalue weighted by atomic mass is 10.1. The van der Waals surface area contributed by atoms with Crippen LogP contribution in [0.25, 0.3) is 0 Å². The molecule has 1 unspecified atom stereocenters. The van der Waals surface area contributed by atoms with Crippen LogP contribution >= 0.6 is 0 Å². The molecule has 0 radical (unpaired) electrons. The summed E-state index contributed by atoms with van der Waals surface area (Å²) >= 11 is 0. The van der Waals surface area contributed by atoms with Gasteiger partial charge in [0.05, 0.1) is 6.04 Å². The molecule has 1 N–H and O–H groups in total. The van der Waals surface area contributed by atoms with E-state index >= 15 is 0 Å². The van der Waals surface area contributed by atoms with Crippen molar-refractivity contribution in [1.82, 2.24) is 15.5 Å². The molecule has 0 spiro atoms. The standard InChI is InChI=1S/C15H28N4O/c1-11(2)9-10-19(13-7-5-6-8-13)15-18-17-14(20-15)12(3)16-4/h11-13,16H,5-10H2,1-4H3. The topological polar surface area (TPSA) is 54.2 Å². The van der Waals surface area contributed by atoms with E-state index in [0.717, 1.165) is 13.0 Å². The van der Waals surface area contributed by atoms with E-state index in [9.17, 15) is 0 Å². The first kappa shape index (κ1) is 15.3. The number of anilines is 1. The van der Waals surface area contributed by atoms with Crippen molar-refractivity contribution in [2.75, 3.05) is 18.5 Å². The summed E-state index contributed by atoms with van der Waals surface area (Å²) in [5.74, 6) is 1.37. The highest BCUT2D eigenvalue weighted by molar-refractivity contribution is 5.27. The first-order chi connectivity index (χ1) is 9.61. The zero-order valence-corrected chi connectivity index (χ0v) is 13.2. The molecule has 0 aliphatic heterocycles. The average Bonchev–Trinajstić information content (AvgIpc) is 3.09. The van der Waals surface area contributed by atoms with Crippen LogP contribution in [0.4, 0.5) is 6.01 Å². The van der Waals surface area contributed by atoms with Crippen molar-refractivity contribution in [2.45, 2.75) is 65.0 Å². The Morgan fingerprint density at radius 1 is 1.25 bits per heavy atom. The zero-order valence-electron chi connectivity index (χ0n) is 13.2. The first-order valence-electron chi connectivity index (χ1n) is 7.89. The van der Waals surface area contributed by atoms with Gasteiger partial charge in [0, 0.05) is 12.6 Å². The SMILES string of the molecule is CNC(C)c1nnc(N(CCC(C)C)C2CCCC2)o1. The lowest BCUT2D eigenvalue weighted by Gasteiger charge is -2.27. The van der Waals surface area contributed by atoms with Crippen LogP contribution < -0.4 is 10.2 Å². The minimum Gasteiger partial charge on any atom is -0.406 e. The van der Waals surface area contributed by atoms with Crippen LogP contribution in [0, 0.1) is 5.92 Å². The summed E-state index contributed by atoms with van der Waals surface area (Å²) in [7, 11) is 1.90. The van der Waals surface area contributed by atoms with Crippen LogP contribution in [0.15, 0.2) is 4.42 Å². The van der Waals surface area contributed by atoms with Crippen LogP contribution in [-0.4, -0.2) is 29.8 Å². The molecule has 20 heavy (non-hydrogen) atoms. The van der Waals surface area contributed by atoms with Crippen molar-refractivity contribution in [1.29, 1.82) is 0 Å². The predicted molar refractivity (Wildman–Crippen MR) is 80.8 cm³/mol. The number of rotatable bonds is 7. The van der Waals surface area contributed by atoms with Crippen molar-refractivity contribution in [3.63, 3.8) is 0 Å². The second-order valence-electron chi connectivity index (χ2n) is 6.25. The van der Waals surface area contributed by atoms with E-state index in [1.165, 1.54) is 25.7 Å². The molecule has 1 saturated carbocycles. The van der Waals surface area contributed by atoms with Crippen molar-refractivity contribution < 1.29 is 4.42 Å². The smallest absolute Gasteiger partial charge is 0.318 e. The molecule has 0 amide bonds. The van der Waals surface area contributed by atoms with E-state index in [1.54, 1.807) is 0 Å². The summed E-state index contributed by atoms with van der Waals surface area (Å²) in [4.78, 5) is 2.34. The average molecular weight is 280 g/mol. The van der Waals surface area contributed by atoms with Crippen molar-refractivity contribution in [3.8, 4) is 0 Å². The van der Waals surface area contributed by atoms with E-state index in [-0.39, 0.29) is 6.04 Å². The Kier molecular flexibility index (Phi) is 5.40. The van der Waals surface area contributed by atoms with Gasteiger partial charge in [0.1, 0.15) is 0 Å². The highest BCUT2D eigenvalue weighted by Crippen LogP contribution is 2.28. The summed E-state index contributed by atoms with van der Waals surface area (Å²) in [6.07, 6.45) is 6.29. The first-order valence-corrected chi connectivity index (χ1v) is 7.89. The molecule has 5 heteroatoms.